The second kappa shape index (κ2) is 54.0. The predicted molar refractivity (Wildman–Crippen MR) is 279 cm³/mol. The van der Waals surface area contributed by atoms with Crippen LogP contribution in [0.2, 0.25) is 0 Å². The van der Waals surface area contributed by atoms with Crippen molar-refractivity contribution in [3.63, 3.8) is 0 Å². The maximum atomic E-state index is 12.8. The van der Waals surface area contributed by atoms with Crippen LogP contribution in [0.3, 0.4) is 0 Å². The Balaban J connectivity index is 4.40. The molecule has 0 radical (unpaired) electrons. The topological polar surface area (TPSA) is 78.9 Å². The van der Waals surface area contributed by atoms with Gasteiger partial charge in [-0.3, -0.25) is 14.4 Å². The summed E-state index contributed by atoms with van der Waals surface area (Å²) < 4.78 is 16.8. The van der Waals surface area contributed by atoms with Gasteiger partial charge in [0.25, 0.3) is 0 Å². The zero-order valence-electron chi connectivity index (χ0n) is 43.3. The van der Waals surface area contributed by atoms with Crippen LogP contribution >= 0.6 is 0 Å². The monoisotopic (exact) mass is 911 g/mol. The third-order valence-electron chi connectivity index (χ3n) is 12.3. The Morgan fingerprint density at radius 1 is 0.308 bits per heavy atom. The fourth-order valence-electron chi connectivity index (χ4n) is 7.99. The number of carbonyl (C=O) groups excluding carboxylic acids is 3. The number of hydrogen-bond acceptors (Lipinski definition) is 6. The second-order valence-electron chi connectivity index (χ2n) is 18.8. The third-order valence-corrected chi connectivity index (χ3v) is 12.3. The number of allylic oxidation sites excluding steroid dienone is 8. The van der Waals surface area contributed by atoms with Crippen LogP contribution in [-0.4, -0.2) is 37.2 Å². The Morgan fingerprint density at radius 3 is 0.892 bits per heavy atom. The lowest BCUT2D eigenvalue weighted by atomic mass is 10.1. The summed E-state index contributed by atoms with van der Waals surface area (Å²) in [6.45, 7) is 6.60. The van der Waals surface area contributed by atoms with Gasteiger partial charge in [-0.2, -0.15) is 0 Å². The van der Waals surface area contributed by atoms with Crippen molar-refractivity contribution in [2.75, 3.05) is 13.2 Å². The van der Waals surface area contributed by atoms with Crippen molar-refractivity contribution in [3.8, 4) is 0 Å². The molecule has 0 unspecified atom stereocenters. The lowest BCUT2D eigenvalue weighted by Crippen LogP contribution is -2.30. The molecule has 0 saturated carbocycles. The van der Waals surface area contributed by atoms with Gasteiger partial charge in [0, 0.05) is 19.3 Å². The van der Waals surface area contributed by atoms with Crippen LogP contribution in [0.1, 0.15) is 290 Å². The zero-order chi connectivity index (χ0) is 47.2. The van der Waals surface area contributed by atoms with Gasteiger partial charge in [0.2, 0.25) is 0 Å². The van der Waals surface area contributed by atoms with Crippen molar-refractivity contribution in [1.29, 1.82) is 0 Å². The maximum absolute atomic E-state index is 12.8. The van der Waals surface area contributed by atoms with Gasteiger partial charge in [0.05, 0.1) is 0 Å². The standard InChI is InChI=1S/C59H106O6/c1-4-7-10-13-16-19-22-25-28-29-32-34-37-40-43-46-49-52-58(61)64-55-56(65-59(62)53-50-47-44-41-38-35-31-27-24-21-18-15-12-9-6-3)54-63-57(60)51-48-45-42-39-36-33-30-26-23-20-17-14-11-8-5-2/h18,21,25-28,30-31,56H,4-17,19-20,22-24,29,32-55H2,1-3H3/b21-18-,28-25-,30-26-,31-27-/t56-/m1/s1. The van der Waals surface area contributed by atoms with E-state index in [1.54, 1.807) is 0 Å². The summed E-state index contributed by atoms with van der Waals surface area (Å²) in [6.07, 6.45) is 65.2. The van der Waals surface area contributed by atoms with E-state index in [0.717, 1.165) is 89.9 Å². The van der Waals surface area contributed by atoms with Crippen molar-refractivity contribution < 1.29 is 28.6 Å². The highest BCUT2D eigenvalue weighted by Crippen LogP contribution is 2.15. The van der Waals surface area contributed by atoms with Crippen molar-refractivity contribution in [1.82, 2.24) is 0 Å². The number of hydrogen-bond donors (Lipinski definition) is 0. The molecule has 0 aliphatic rings. The largest absolute Gasteiger partial charge is 0.462 e. The highest BCUT2D eigenvalue weighted by molar-refractivity contribution is 5.71. The maximum Gasteiger partial charge on any atom is 0.306 e. The van der Waals surface area contributed by atoms with Gasteiger partial charge in [0.15, 0.2) is 6.10 Å². The van der Waals surface area contributed by atoms with Crippen molar-refractivity contribution in [2.24, 2.45) is 0 Å². The molecule has 0 fully saturated rings. The van der Waals surface area contributed by atoms with Gasteiger partial charge >= 0.3 is 17.9 Å². The molecule has 0 heterocycles. The van der Waals surface area contributed by atoms with E-state index in [4.69, 9.17) is 14.2 Å². The Morgan fingerprint density at radius 2 is 0.554 bits per heavy atom. The molecule has 0 aliphatic heterocycles. The van der Waals surface area contributed by atoms with Crippen LogP contribution < -0.4 is 0 Å². The van der Waals surface area contributed by atoms with Gasteiger partial charge in [-0.1, -0.05) is 217 Å². The van der Waals surface area contributed by atoms with Crippen LogP contribution in [0.15, 0.2) is 48.6 Å². The van der Waals surface area contributed by atoms with E-state index < -0.39 is 6.10 Å². The van der Waals surface area contributed by atoms with E-state index in [-0.39, 0.29) is 31.1 Å². The molecule has 65 heavy (non-hydrogen) atoms. The van der Waals surface area contributed by atoms with E-state index in [9.17, 15) is 14.4 Å². The van der Waals surface area contributed by atoms with Crippen LogP contribution in [0.5, 0.6) is 0 Å². The molecular formula is C59H106O6. The summed E-state index contributed by atoms with van der Waals surface area (Å²) in [7, 11) is 0. The van der Waals surface area contributed by atoms with E-state index in [2.05, 4.69) is 69.4 Å². The third kappa shape index (κ3) is 52.2. The molecule has 0 aromatic rings. The van der Waals surface area contributed by atoms with Gasteiger partial charge < -0.3 is 14.2 Å². The van der Waals surface area contributed by atoms with E-state index in [1.807, 2.05) is 0 Å². The minimum atomic E-state index is -0.784. The van der Waals surface area contributed by atoms with E-state index in [1.165, 1.54) is 161 Å². The first-order chi connectivity index (χ1) is 32.0. The normalized spacial score (nSPS) is 12.4. The summed E-state index contributed by atoms with van der Waals surface area (Å²) >= 11 is 0. The number of esters is 3. The lowest BCUT2D eigenvalue weighted by molar-refractivity contribution is -0.167. The van der Waals surface area contributed by atoms with Crippen LogP contribution in [0.25, 0.3) is 0 Å². The Hall–Kier alpha value is -2.63. The first-order valence-electron chi connectivity index (χ1n) is 28.1. The molecule has 6 heteroatoms. The van der Waals surface area contributed by atoms with Gasteiger partial charge in [-0.05, 0) is 103 Å². The van der Waals surface area contributed by atoms with E-state index >= 15 is 0 Å². The van der Waals surface area contributed by atoms with Crippen molar-refractivity contribution in [2.45, 2.75) is 297 Å². The Bertz CT molecular complexity index is 1140. The molecule has 6 nitrogen and oxygen atoms in total. The molecule has 0 saturated heterocycles. The molecule has 1 atom stereocenters. The highest BCUT2D eigenvalue weighted by Gasteiger charge is 2.19. The molecule has 0 bridgehead atoms. The highest BCUT2D eigenvalue weighted by atomic mass is 16.6. The molecular weight excluding hydrogens is 805 g/mol. The van der Waals surface area contributed by atoms with Gasteiger partial charge in [-0.25, -0.2) is 0 Å². The SMILES string of the molecule is CCCCC/C=C\C/C=C\CCCCCCCC(=O)O[C@H](COC(=O)CCCCCCC/C=C\CCCCCCCC)COC(=O)CCCCCCCCC/C=C\CCCCCCCC. The molecule has 0 aromatic heterocycles. The summed E-state index contributed by atoms with van der Waals surface area (Å²) in [5.41, 5.74) is 0. The molecule has 0 aromatic carbocycles. The Labute approximate surface area is 403 Å². The minimum Gasteiger partial charge on any atom is -0.462 e. The average Bonchev–Trinajstić information content (AvgIpc) is 3.30. The summed E-state index contributed by atoms with van der Waals surface area (Å²) in [5.74, 6) is -0.898. The zero-order valence-corrected chi connectivity index (χ0v) is 43.3. The van der Waals surface area contributed by atoms with Gasteiger partial charge in [0.1, 0.15) is 13.2 Å². The summed E-state index contributed by atoms with van der Waals surface area (Å²) in [4.78, 5) is 38.1. The first-order valence-corrected chi connectivity index (χ1v) is 28.1. The number of unbranched alkanes of at least 4 members (excludes halogenated alkanes) is 32. The molecule has 0 spiro atoms. The van der Waals surface area contributed by atoms with E-state index in [0.29, 0.717) is 19.3 Å². The minimum absolute atomic E-state index is 0.0825. The molecule has 0 aliphatic carbocycles. The molecule has 378 valence electrons. The van der Waals surface area contributed by atoms with Gasteiger partial charge in [-0.15, -0.1) is 0 Å². The molecule has 0 rings (SSSR count). The summed E-state index contributed by atoms with van der Waals surface area (Å²) in [6, 6.07) is 0. The fraction of sp³-hybridized carbons (Fsp3) is 0.814. The number of rotatable bonds is 51. The first kappa shape index (κ1) is 62.4. The average molecular weight is 911 g/mol. The second-order valence-corrected chi connectivity index (χ2v) is 18.8. The molecule has 0 amide bonds. The number of carbonyl (C=O) groups is 3. The molecule has 0 N–H and O–H groups in total. The van der Waals surface area contributed by atoms with Crippen molar-refractivity contribution in [3.05, 3.63) is 48.6 Å². The van der Waals surface area contributed by atoms with Crippen molar-refractivity contribution >= 4 is 17.9 Å². The lowest BCUT2D eigenvalue weighted by Gasteiger charge is -2.18. The fourth-order valence-corrected chi connectivity index (χ4v) is 7.99. The smallest absolute Gasteiger partial charge is 0.306 e. The Kier molecular flexibility index (Phi) is 51.8. The summed E-state index contributed by atoms with van der Waals surface area (Å²) in [5, 5.41) is 0. The number of ether oxygens (including phenoxy) is 3. The van der Waals surface area contributed by atoms with Crippen LogP contribution in [0.4, 0.5) is 0 Å². The van der Waals surface area contributed by atoms with Crippen LogP contribution in [0, 0.1) is 0 Å². The quantitative estimate of drug-likeness (QED) is 0.0262. The predicted octanol–water partition coefficient (Wildman–Crippen LogP) is 18.7. The van der Waals surface area contributed by atoms with Crippen LogP contribution in [-0.2, 0) is 28.6 Å².